The third-order valence-corrected chi connectivity index (χ3v) is 6.49. The summed E-state index contributed by atoms with van der Waals surface area (Å²) in [7, 11) is -3.07. The summed E-state index contributed by atoms with van der Waals surface area (Å²) in [6.07, 6.45) is 11.7. The molecule has 7 nitrogen and oxygen atoms in total. The number of aromatic nitrogens is 2. The molecule has 1 saturated heterocycles. The number of anilines is 1. The van der Waals surface area contributed by atoms with E-state index in [1.54, 1.807) is 0 Å². The fraction of sp³-hybridized carbons (Fsp3) is 0.765. The zero-order chi connectivity index (χ0) is 17.7. The summed E-state index contributed by atoms with van der Waals surface area (Å²) in [5.74, 6) is 1.46. The average Bonchev–Trinajstić information content (AvgIpc) is 2.62. The minimum atomic E-state index is -3.07. The Morgan fingerprint density at radius 2 is 1.72 bits per heavy atom. The molecule has 1 N–H and O–H groups in total. The summed E-state index contributed by atoms with van der Waals surface area (Å²) in [4.78, 5) is 11.1. The molecule has 1 aliphatic heterocycles. The van der Waals surface area contributed by atoms with Gasteiger partial charge in [-0.3, -0.25) is 4.90 Å². The van der Waals surface area contributed by atoms with Crippen LogP contribution < -0.4 is 5.32 Å². The van der Waals surface area contributed by atoms with Gasteiger partial charge in [-0.15, -0.1) is 0 Å². The summed E-state index contributed by atoms with van der Waals surface area (Å²) in [5.41, 5.74) is 1.07. The van der Waals surface area contributed by atoms with E-state index in [0.717, 1.165) is 37.7 Å². The van der Waals surface area contributed by atoms with Crippen LogP contribution in [0.15, 0.2) is 12.4 Å². The first-order chi connectivity index (χ1) is 12.0. The molecule has 0 unspecified atom stereocenters. The Morgan fingerprint density at radius 1 is 1.08 bits per heavy atom. The van der Waals surface area contributed by atoms with Crippen LogP contribution in [0.2, 0.25) is 0 Å². The van der Waals surface area contributed by atoms with E-state index in [-0.39, 0.29) is 0 Å². The van der Waals surface area contributed by atoms with E-state index in [0.29, 0.717) is 19.0 Å². The van der Waals surface area contributed by atoms with Crippen LogP contribution in [0.5, 0.6) is 0 Å². The smallest absolute Gasteiger partial charge is 0.222 e. The second-order valence-corrected chi connectivity index (χ2v) is 9.22. The van der Waals surface area contributed by atoms with Crippen molar-refractivity contribution in [1.29, 1.82) is 0 Å². The summed E-state index contributed by atoms with van der Waals surface area (Å²) in [5, 5.41) is 3.36. The first-order valence-electron chi connectivity index (χ1n) is 9.23. The molecule has 8 heteroatoms. The minimum Gasteiger partial charge on any atom is -0.354 e. The van der Waals surface area contributed by atoms with E-state index >= 15 is 0 Å². The van der Waals surface area contributed by atoms with Gasteiger partial charge in [0.15, 0.2) is 0 Å². The average molecular weight is 368 g/mol. The third-order valence-electron chi connectivity index (χ3n) is 5.19. The SMILES string of the molecule is CS(=O)(=O)N1CCN(Cc2cnc(NCC3CCCCC3)nc2)CC1. The molecule has 0 bridgehead atoms. The van der Waals surface area contributed by atoms with Crippen molar-refractivity contribution in [3.63, 3.8) is 0 Å². The zero-order valence-corrected chi connectivity index (χ0v) is 15.8. The molecule has 3 rings (SSSR count). The van der Waals surface area contributed by atoms with Crippen LogP contribution >= 0.6 is 0 Å². The van der Waals surface area contributed by atoms with Crippen molar-refractivity contribution in [2.24, 2.45) is 5.92 Å². The third kappa shape index (κ3) is 5.62. The molecular weight excluding hydrogens is 338 g/mol. The first kappa shape index (κ1) is 18.5. The molecule has 0 spiro atoms. The van der Waals surface area contributed by atoms with Gasteiger partial charge in [-0.1, -0.05) is 19.3 Å². The largest absolute Gasteiger partial charge is 0.354 e. The number of nitrogens with one attached hydrogen (secondary N) is 1. The standard InChI is InChI=1S/C17H29N5O2S/c1-25(23,24)22-9-7-21(8-10-22)14-16-12-19-17(20-13-16)18-11-15-5-3-2-4-6-15/h12-13,15H,2-11,14H2,1H3,(H,18,19,20). The van der Waals surface area contributed by atoms with Gasteiger partial charge in [-0.25, -0.2) is 18.4 Å². The van der Waals surface area contributed by atoms with Crippen molar-refractivity contribution < 1.29 is 8.42 Å². The Kier molecular flexibility index (Phi) is 6.24. The highest BCUT2D eigenvalue weighted by atomic mass is 32.2. The van der Waals surface area contributed by atoms with Gasteiger partial charge in [0.1, 0.15) is 0 Å². The highest BCUT2D eigenvalue weighted by Gasteiger charge is 2.23. The number of rotatable bonds is 6. The lowest BCUT2D eigenvalue weighted by molar-refractivity contribution is 0.182. The van der Waals surface area contributed by atoms with Gasteiger partial charge < -0.3 is 5.32 Å². The quantitative estimate of drug-likeness (QED) is 0.822. The molecule has 1 aromatic heterocycles. The molecule has 2 fully saturated rings. The Morgan fingerprint density at radius 3 is 2.32 bits per heavy atom. The molecule has 0 atom stereocenters. The van der Waals surface area contributed by atoms with Gasteiger partial charge >= 0.3 is 0 Å². The summed E-state index contributed by atoms with van der Waals surface area (Å²) < 4.78 is 24.6. The fourth-order valence-electron chi connectivity index (χ4n) is 3.63. The van der Waals surface area contributed by atoms with Crippen LogP contribution in [-0.4, -0.2) is 66.6 Å². The molecule has 140 valence electrons. The topological polar surface area (TPSA) is 78.4 Å². The molecule has 2 heterocycles. The van der Waals surface area contributed by atoms with E-state index in [1.165, 1.54) is 42.7 Å². The molecule has 0 radical (unpaired) electrons. The molecular formula is C17H29N5O2S. The van der Waals surface area contributed by atoms with Gasteiger partial charge in [-0.2, -0.15) is 4.31 Å². The molecule has 2 aliphatic rings. The van der Waals surface area contributed by atoms with Crippen LogP contribution in [0.4, 0.5) is 5.95 Å². The van der Waals surface area contributed by atoms with Crippen molar-refractivity contribution in [3.8, 4) is 0 Å². The van der Waals surface area contributed by atoms with E-state index < -0.39 is 10.0 Å². The molecule has 0 aromatic carbocycles. The van der Waals surface area contributed by atoms with Crippen molar-refractivity contribution in [3.05, 3.63) is 18.0 Å². The summed E-state index contributed by atoms with van der Waals surface area (Å²) >= 11 is 0. The van der Waals surface area contributed by atoms with Crippen LogP contribution in [0.1, 0.15) is 37.7 Å². The van der Waals surface area contributed by atoms with Gasteiger partial charge in [-0.05, 0) is 18.8 Å². The maximum Gasteiger partial charge on any atom is 0.222 e. The lowest BCUT2D eigenvalue weighted by atomic mass is 9.89. The Hall–Kier alpha value is -1.25. The second-order valence-electron chi connectivity index (χ2n) is 7.24. The van der Waals surface area contributed by atoms with E-state index in [2.05, 4.69) is 20.2 Å². The van der Waals surface area contributed by atoms with Crippen LogP contribution in [-0.2, 0) is 16.6 Å². The van der Waals surface area contributed by atoms with Crippen molar-refractivity contribution >= 4 is 16.0 Å². The van der Waals surface area contributed by atoms with Gasteiger partial charge in [0.2, 0.25) is 16.0 Å². The lowest BCUT2D eigenvalue weighted by Gasteiger charge is -2.33. The Labute approximate surface area is 150 Å². The fourth-order valence-corrected chi connectivity index (χ4v) is 4.46. The van der Waals surface area contributed by atoms with Gasteiger partial charge in [0.05, 0.1) is 6.26 Å². The maximum atomic E-state index is 11.5. The lowest BCUT2D eigenvalue weighted by Crippen LogP contribution is -2.47. The predicted octanol–water partition coefficient (Wildman–Crippen LogP) is 1.55. The van der Waals surface area contributed by atoms with E-state index in [1.807, 2.05) is 12.4 Å². The maximum absolute atomic E-state index is 11.5. The van der Waals surface area contributed by atoms with Crippen molar-refractivity contribution in [2.75, 3.05) is 44.3 Å². The predicted molar refractivity (Wildman–Crippen MR) is 98.8 cm³/mol. The highest BCUT2D eigenvalue weighted by molar-refractivity contribution is 7.88. The van der Waals surface area contributed by atoms with Crippen molar-refractivity contribution in [2.45, 2.75) is 38.6 Å². The monoisotopic (exact) mass is 367 g/mol. The first-order valence-corrected chi connectivity index (χ1v) is 11.1. The summed E-state index contributed by atoms with van der Waals surface area (Å²) in [6.45, 7) is 4.33. The molecule has 1 aromatic rings. The molecule has 1 aliphatic carbocycles. The van der Waals surface area contributed by atoms with Gasteiger partial charge in [0, 0.05) is 57.2 Å². The van der Waals surface area contributed by atoms with E-state index in [9.17, 15) is 8.42 Å². The molecule has 0 amide bonds. The molecule has 25 heavy (non-hydrogen) atoms. The second kappa shape index (κ2) is 8.42. The minimum absolute atomic E-state index is 0.556. The Balaban J connectivity index is 1.43. The van der Waals surface area contributed by atoms with Crippen LogP contribution in [0, 0.1) is 5.92 Å². The molecule has 1 saturated carbocycles. The number of hydrogen-bond acceptors (Lipinski definition) is 6. The van der Waals surface area contributed by atoms with Crippen molar-refractivity contribution in [1.82, 2.24) is 19.2 Å². The van der Waals surface area contributed by atoms with Crippen LogP contribution in [0.25, 0.3) is 0 Å². The number of hydrogen-bond donors (Lipinski definition) is 1. The Bertz CT molecular complexity index is 636. The zero-order valence-electron chi connectivity index (χ0n) is 15.0. The highest BCUT2D eigenvalue weighted by Crippen LogP contribution is 2.23. The van der Waals surface area contributed by atoms with Crippen LogP contribution in [0.3, 0.4) is 0 Å². The summed E-state index contributed by atoms with van der Waals surface area (Å²) in [6, 6.07) is 0. The number of sulfonamides is 1. The normalized spacial score (nSPS) is 21.3. The number of nitrogens with zero attached hydrogens (tertiary/aromatic N) is 4. The van der Waals surface area contributed by atoms with E-state index in [4.69, 9.17) is 0 Å². The van der Waals surface area contributed by atoms with Gasteiger partial charge in [0.25, 0.3) is 0 Å². The number of piperazine rings is 1.